The third-order valence-corrected chi connectivity index (χ3v) is 4.14. The van der Waals surface area contributed by atoms with E-state index < -0.39 is 0 Å². The molecule has 2 nitrogen and oxygen atoms in total. The van der Waals surface area contributed by atoms with Crippen LogP contribution < -0.4 is 10.1 Å². The Morgan fingerprint density at radius 2 is 1.85 bits per heavy atom. The second-order valence-electron chi connectivity index (χ2n) is 5.32. The molecule has 20 heavy (non-hydrogen) atoms. The molecule has 0 saturated carbocycles. The van der Waals surface area contributed by atoms with Crippen LogP contribution in [0.25, 0.3) is 0 Å². The van der Waals surface area contributed by atoms with Crippen LogP contribution in [0.3, 0.4) is 0 Å². The quantitative estimate of drug-likeness (QED) is 0.834. The summed E-state index contributed by atoms with van der Waals surface area (Å²) in [5.41, 5.74) is 2.68. The fourth-order valence-electron chi connectivity index (χ4n) is 2.57. The van der Waals surface area contributed by atoms with Gasteiger partial charge in [-0.1, -0.05) is 18.2 Å². The van der Waals surface area contributed by atoms with E-state index in [-0.39, 0.29) is 0 Å². The number of hydrogen-bond donors (Lipinski definition) is 1. The van der Waals surface area contributed by atoms with Crippen molar-refractivity contribution < 1.29 is 4.74 Å². The fraction of sp³-hybridized carbons (Fsp3) is 0.412. The average Bonchev–Trinajstić information content (AvgIpc) is 2.91. The van der Waals surface area contributed by atoms with Gasteiger partial charge in [-0.25, -0.2) is 0 Å². The summed E-state index contributed by atoms with van der Waals surface area (Å²) < 4.78 is 5.41. The Balaban J connectivity index is 1.87. The summed E-state index contributed by atoms with van der Waals surface area (Å²) in [5.74, 6) is 0.978. The van der Waals surface area contributed by atoms with E-state index in [1.807, 2.05) is 12.1 Å². The third-order valence-electron chi connectivity index (χ3n) is 3.41. The number of methoxy groups -OCH3 is 1. The van der Waals surface area contributed by atoms with Crippen molar-refractivity contribution in [3.63, 3.8) is 0 Å². The van der Waals surface area contributed by atoms with Crippen molar-refractivity contribution in [1.82, 2.24) is 5.32 Å². The molecule has 1 N–H and O–H groups in total. The van der Waals surface area contributed by atoms with Gasteiger partial charge in [0, 0.05) is 12.1 Å². The Bertz CT molecular complexity index is 509. The number of rotatable bonds is 7. The van der Waals surface area contributed by atoms with Gasteiger partial charge < -0.3 is 10.1 Å². The lowest BCUT2D eigenvalue weighted by atomic mass is 10.0. The van der Waals surface area contributed by atoms with Crippen molar-refractivity contribution in [3.05, 3.63) is 52.2 Å². The predicted octanol–water partition coefficient (Wildman–Crippen LogP) is 3.91. The second kappa shape index (κ2) is 7.46. The van der Waals surface area contributed by atoms with Gasteiger partial charge in [0.05, 0.1) is 7.11 Å². The van der Waals surface area contributed by atoms with E-state index in [2.05, 4.69) is 48.1 Å². The topological polar surface area (TPSA) is 21.3 Å². The zero-order valence-electron chi connectivity index (χ0n) is 12.4. The SMILES string of the molecule is COc1ccccc1CC(C)NC(C)Cc1ccsc1. The molecule has 0 spiro atoms. The van der Waals surface area contributed by atoms with Gasteiger partial charge in [-0.05, 0) is 60.7 Å². The molecule has 0 amide bonds. The molecule has 2 unspecified atom stereocenters. The highest BCUT2D eigenvalue weighted by Crippen LogP contribution is 2.19. The molecule has 0 aliphatic heterocycles. The van der Waals surface area contributed by atoms with Gasteiger partial charge in [0.1, 0.15) is 5.75 Å². The Morgan fingerprint density at radius 3 is 2.55 bits per heavy atom. The zero-order valence-corrected chi connectivity index (χ0v) is 13.2. The minimum Gasteiger partial charge on any atom is -0.496 e. The Labute approximate surface area is 125 Å². The van der Waals surface area contributed by atoms with Gasteiger partial charge in [-0.2, -0.15) is 11.3 Å². The lowest BCUT2D eigenvalue weighted by molar-refractivity contribution is 0.402. The number of ether oxygens (including phenoxy) is 1. The minimum atomic E-state index is 0.430. The Morgan fingerprint density at radius 1 is 1.10 bits per heavy atom. The fourth-order valence-corrected chi connectivity index (χ4v) is 3.25. The number of thiophene rings is 1. The zero-order chi connectivity index (χ0) is 14.4. The molecular formula is C17H23NOS. The van der Waals surface area contributed by atoms with Crippen molar-refractivity contribution >= 4 is 11.3 Å². The van der Waals surface area contributed by atoms with Gasteiger partial charge in [0.2, 0.25) is 0 Å². The molecule has 2 rings (SSSR count). The van der Waals surface area contributed by atoms with Crippen molar-refractivity contribution in [1.29, 1.82) is 0 Å². The van der Waals surface area contributed by atoms with Crippen molar-refractivity contribution in [3.8, 4) is 5.75 Å². The lowest BCUT2D eigenvalue weighted by Crippen LogP contribution is -2.37. The first kappa shape index (κ1) is 15.1. The van der Waals surface area contributed by atoms with E-state index in [1.165, 1.54) is 11.1 Å². The number of para-hydroxylation sites is 1. The molecule has 0 radical (unpaired) electrons. The largest absolute Gasteiger partial charge is 0.496 e. The molecule has 0 aliphatic carbocycles. The first-order valence-corrected chi connectivity index (χ1v) is 8.02. The van der Waals surface area contributed by atoms with Crippen LogP contribution in [0, 0.1) is 0 Å². The maximum atomic E-state index is 5.41. The first-order valence-electron chi connectivity index (χ1n) is 7.08. The van der Waals surface area contributed by atoms with E-state index in [0.717, 1.165) is 18.6 Å². The molecule has 2 aromatic rings. The standard InChI is InChI=1S/C17H23NOS/c1-13(10-15-8-9-20-12-15)18-14(2)11-16-6-4-5-7-17(16)19-3/h4-9,12-14,18H,10-11H2,1-3H3. The van der Waals surface area contributed by atoms with Gasteiger partial charge in [-0.3, -0.25) is 0 Å². The number of nitrogens with one attached hydrogen (secondary N) is 1. The van der Waals surface area contributed by atoms with Crippen LogP contribution >= 0.6 is 11.3 Å². The minimum absolute atomic E-state index is 0.430. The Hall–Kier alpha value is -1.32. The first-order chi connectivity index (χ1) is 9.69. The summed E-state index contributed by atoms with van der Waals surface area (Å²) in [6.45, 7) is 4.48. The van der Waals surface area contributed by atoms with Crippen molar-refractivity contribution in [2.45, 2.75) is 38.8 Å². The highest BCUT2D eigenvalue weighted by atomic mass is 32.1. The molecule has 0 fully saturated rings. The molecular weight excluding hydrogens is 266 g/mol. The van der Waals surface area contributed by atoms with E-state index in [0.29, 0.717) is 12.1 Å². The predicted molar refractivity (Wildman–Crippen MR) is 86.8 cm³/mol. The molecule has 108 valence electrons. The highest BCUT2D eigenvalue weighted by Gasteiger charge is 2.11. The summed E-state index contributed by atoms with van der Waals surface area (Å²) in [4.78, 5) is 0. The summed E-state index contributed by atoms with van der Waals surface area (Å²) >= 11 is 1.76. The average molecular weight is 289 g/mol. The van der Waals surface area contributed by atoms with Gasteiger partial charge in [-0.15, -0.1) is 0 Å². The van der Waals surface area contributed by atoms with Crippen LogP contribution in [0.2, 0.25) is 0 Å². The maximum absolute atomic E-state index is 5.41. The van der Waals surface area contributed by atoms with Crippen molar-refractivity contribution in [2.75, 3.05) is 7.11 Å². The molecule has 0 saturated heterocycles. The number of benzene rings is 1. The van der Waals surface area contributed by atoms with Crippen LogP contribution in [-0.2, 0) is 12.8 Å². The van der Waals surface area contributed by atoms with Crippen LogP contribution in [0.4, 0.5) is 0 Å². The van der Waals surface area contributed by atoms with Gasteiger partial charge in [0.25, 0.3) is 0 Å². The van der Waals surface area contributed by atoms with E-state index in [9.17, 15) is 0 Å². The molecule has 1 aromatic carbocycles. The van der Waals surface area contributed by atoms with Crippen LogP contribution in [-0.4, -0.2) is 19.2 Å². The van der Waals surface area contributed by atoms with Gasteiger partial charge in [0.15, 0.2) is 0 Å². The monoisotopic (exact) mass is 289 g/mol. The Kier molecular flexibility index (Phi) is 5.62. The smallest absolute Gasteiger partial charge is 0.122 e. The number of hydrogen-bond acceptors (Lipinski definition) is 3. The molecule has 3 heteroatoms. The second-order valence-corrected chi connectivity index (χ2v) is 6.10. The lowest BCUT2D eigenvalue weighted by Gasteiger charge is -2.20. The molecule has 0 aliphatic rings. The molecule has 1 aromatic heterocycles. The van der Waals surface area contributed by atoms with E-state index >= 15 is 0 Å². The molecule has 2 atom stereocenters. The van der Waals surface area contributed by atoms with E-state index in [4.69, 9.17) is 4.74 Å². The van der Waals surface area contributed by atoms with Gasteiger partial charge >= 0.3 is 0 Å². The van der Waals surface area contributed by atoms with Crippen molar-refractivity contribution in [2.24, 2.45) is 0 Å². The summed E-state index contributed by atoms with van der Waals surface area (Å²) in [6.07, 6.45) is 2.07. The summed E-state index contributed by atoms with van der Waals surface area (Å²) in [5, 5.41) is 8.03. The molecule has 0 bridgehead atoms. The normalized spacial score (nSPS) is 13.9. The van der Waals surface area contributed by atoms with Crippen LogP contribution in [0.15, 0.2) is 41.1 Å². The van der Waals surface area contributed by atoms with Crippen LogP contribution in [0.1, 0.15) is 25.0 Å². The van der Waals surface area contributed by atoms with E-state index in [1.54, 1.807) is 18.4 Å². The summed E-state index contributed by atoms with van der Waals surface area (Å²) in [7, 11) is 1.73. The summed E-state index contributed by atoms with van der Waals surface area (Å²) in [6, 6.07) is 11.4. The van der Waals surface area contributed by atoms with Crippen LogP contribution in [0.5, 0.6) is 5.75 Å². The highest BCUT2D eigenvalue weighted by molar-refractivity contribution is 7.07. The molecule has 1 heterocycles. The maximum Gasteiger partial charge on any atom is 0.122 e. The third kappa shape index (κ3) is 4.36.